The molecule has 7 nitrogen and oxygen atoms in total. The van der Waals surface area contributed by atoms with Crippen LogP contribution in [0.4, 0.5) is 0 Å². The number of ether oxygens (including phenoxy) is 2. The summed E-state index contributed by atoms with van der Waals surface area (Å²) in [5.41, 5.74) is 0.403. The maximum absolute atomic E-state index is 11.7. The molecule has 0 unspecified atom stereocenters. The lowest BCUT2D eigenvalue weighted by atomic mass is 10.1. The first-order chi connectivity index (χ1) is 10.6. The molecule has 0 radical (unpaired) electrons. The number of piperazine rings is 1. The minimum atomic E-state index is -0.219. The molecular weight excluding hydrogens is 284 g/mol. The Morgan fingerprint density at radius 2 is 2.09 bits per heavy atom. The summed E-state index contributed by atoms with van der Waals surface area (Å²) in [6.45, 7) is 6.97. The number of aromatic nitrogens is 2. The van der Waals surface area contributed by atoms with Crippen LogP contribution in [0, 0.1) is 6.92 Å². The van der Waals surface area contributed by atoms with Crippen LogP contribution in [0.1, 0.15) is 18.2 Å². The molecule has 0 aromatic carbocycles. The number of nitrogens with zero attached hydrogens (tertiary/aromatic N) is 4. The van der Waals surface area contributed by atoms with Crippen LogP contribution in [0.2, 0.25) is 0 Å². The van der Waals surface area contributed by atoms with Gasteiger partial charge in [-0.25, -0.2) is 0 Å². The summed E-state index contributed by atoms with van der Waals surface area (Å²) in [5.74, 6) is 0. The molecule has 1 aromatic rings. The predicted octanol–water partition coefficient (Wildman–Crippen LogP) is -0.152. The van der Waals surface area contributed by atoms with Crippen molar-refractivity contribution >= 4 is 0 Å². The van der Waals surface area contributed by atoms with Gasteiger partial charge in [0.1, 0.15) is 18.4 Å². The number of fused-ring (bicyclic) bond motifs is 4. The molecule has 3 atom stereocenters. The first-order valence-corrected chi connectivity index (χ1v) is 7.93. The van der Waals surface area contributed by atoms with Crippen molar-refractivity contribution in [2.75, 3.05) is 39.8 Å². The fourth-order valence-corrected chi connectivity index (χ4v) is 3.42. The van der Waals surface area contributed by atoms with Gasteiger partial charge in [-0.15, -0.1) is 0 Å². The second-order valence-corrected chi connectivity index (χ2v) is 6.54. The Balaban J connectivity index is 1.48. The number of hydrogen-bond donors (Lipinski definition) is 0. The molecule has 0 saturated carbocycles. The number of aryl methyl sites for hydroxylation is 1. The summed E-state index contributed by atoms with van der Waals surface area (Å²) in [7, 11) is 2.15. The van der Waals surface area contributed by atoms with Gasteiger partial charge >= 0.3 is 6.01 Å². The van der Waals surface area contributed by atoms with Gasteiger partial charge in [-0.05, 0) is 14.0 Å². The van der Waals surface area contributed by atoms with E-state index in [1.165, 1.54) is 0 Å². The highest BCUT2D eigenvalue weighted by molar-refractivity contribution is 5.13. The molecule has 3 aliphatic rings. The van der Waals surface area contributed by atoms with Crippen LogP contribution in [-0.2, 0) is 4.74 Å². The van der Waals surface area contributed by atoms with Crippen molar-refractivity contribution in [3.8, 4) is 6.01 Å². The molecule has 2 saturated heterocycles. The van der Waals surface area contributed by atoms with E-state index in [0.717, 1.165) is 39.1 Å². The van der Waals surface area contributed by atoms with Gasteiger partial charge in [0.2, 0.25) is 0 Å². The standard InChI is InChI=1S/C15H22N4O3/c1-10-8-19-13-7-11(22-15(19)16-14(10)20)12(21-13)9-18-5-3-17(2)4-6-18/h8,11-13H,3-7,9H2,1-2H3/t11-,12-,13-/m1/s1. The Bertz CT molecular complexity index is 624. The fraction of sp³-hybridized carbons (Fsp3) is 0.733. The van der Waals surface area contributed by atoms with E-state index in [1.807, 2.05) is 4.57 Å². The SMILES string of the molecule is Cc1cn2c(nc1=O)O[C@@H]1C[C@H]2O[C@@H]1CN1CCN(C)CC1. The molecule has 2 bridgehead atoms. The Hall–Kier alpha value is -1.44. The van der Waals surface area contributed by atoms with Gasteiger partial charge in [0, 0.05) is 50.9 Å². The zero-order valence-electron chi connectivity index (χ0n) is 13.1. The summed E-state index contributed by atoms with van der Waals surface area (Å²) < 4.78 is 14.0. The minimum absolute atomic E-state index is 0.000683. The topological polar surface area (TPSA) is 59.8 Å². The van der Waals surface area contributed by atoms with Crippen molar-refractivity contribution in [2.24, 2.45) is 0 Å². The van der Waals surface area contributed by atoms with Gasteiger partial charge in [-0.1, -0.05) is 0 Å². The normalized spacial score (nSPS) is 31.8. The van der Waals surface area contributed by atoms with Crippen LogP contribution in [0.5, 0.6) is 6.01 Å². The second-order valence-electron chi connectivity index (χ2n) is 6.54. The van der Waals surface area contributed by atoms with Crippen LogP contribution in [0.15, 0.2) is 11.0 Å². The maximum atomic E-state index is 11.7. The maximum Gasteiger partial charge on any atom is 0.302 e. The second kappa shape index (κ2) is 5.33. The Morgan fingerprint density at radius 1 is 1.32 bits per heavy atom. The molecule has 22 heavy (non-hydrogen) atoms. The van der Waals surface area contributed by atoms with Gasteiger partial charge < -0.3 is 14.4 Å². The summed E-state index contributed by atoms with van der Waals surface area (Å²) in [4.78, 5) is 20.5. The van der Waals surface area contributed by atoms with Gasteiger partial charge in [-0.3, -0.25) is 14.3 Å². The zero-order chi connectivity index (χ0) is 15.3. The summed E-state index contributed by atoms with van der Waals surface area (Å²) in [5, 5.41) is 0. The predicted molar refractivity (Wildman–Crippen MR) is 80.1 cm³/mol. The lowest BCUT2D eigenvalue weighted by Crippen LogP contribution is -2.48. The van der Waals surface area contributed by atoms with Crippen molar-refractivity contribution < 1.29 is 9.47 Å². The fourth-order valence-electron chi connectivity index (χ4n) is 3.42. The molecule has 7 heteroatoms. The van der Waals surface area contributed by atoms with E-state index in [4.69, 9.17) is 9.47 Å². The monoisotopic (exact) mass is 306 g/mol. The van der Waals surface area contributed by atoms with Gasteiger partial charge in [0.05, 0.1) is 0 Å². The highest BCUT2D eigenvalue weighted by Gasteiger charge is 2.43. The quantitative estimate of drug-likeness (QED) is 0.757. The van der Waals surface area contributed by atoms with Crippen LogP contribution < -0.4 is 10.3 Å². The number of hydrogen-bond acceptors (Lipinski definition) is 6. The summed E-state index contributed by atoms with van der Waals surface area (Å²) in [6, 6.07) is 0.401. The lowest BCUT2D eigenvalue weighted by molar-refractivity contribution is -0.0203. The van der Waals surface area contributed by atoms with Gasteiger partial charge in [0.25, 0.3) is 5.56 Å². The molecular formula is C15H22N4O3. The van der Waals surface area contributed by atoms with Crippen LogP contribution >= 0.6 is 0 Å². The van der Waals surface area contributed by atoms with Crippen LogP contribution in [-0.4, -0.2) is 71.3 Å². The van der Waals surface area contributed by atoms with E-state index in [2.05, 4.69) is 21.8 Å². The molecule has 3 aliphatic heterocycles. The lowest BCUT2D eigenvalue weighted by Gasteiger charge is -2.34. The zero-order valence-corrected chi connectivity index (χ0v) is 13.1. The van der Waals surface area contributed by atoms with Crippen molar-refractivity contribution in [1.29, 1.82) is 0 Å². The largest absolute Gasteiger partial charge is 0.458 e. The molecule has 0 aliphatic carbocycles. The third-order valence-electron chi connectivity index (χ3n) is 4.87. The smallest absolute Gasteiger partial charge is 0.302 e. The van der Waals surface area contributed by atoms with Crippen molar-refractivity contribution in [2.45, 2.75) is 31.8 Å². The molecule has 2 fully saturated rings. The molecule has 4 heterocycles. The summed E-state index contributed by atoms with van der Waals surface area (Å²) >= 11 is 0. The number of rotatable bonds is 2. The Kier molecular flexibility index (Phi) is 3.43. The molecule has 4 rings (SSSR count). The average Bonchev–Trinajstić information content (AvgIpc) is 2.82. The molecule has 0 N–H and O–H groups in total. The Labute approximate surface area is 129 Å². The first kappa shape index (κ1) is 14.2. The van der Waals surface area contributed by atoms with E-state index in [1.54, 1.807) is 13.1 Å². The molecule has 0 amide bonds. The summed E-state index contributed by atoms with van der Waals surface area (Å²) in [6.07, 6.45) is 2.61. The van der Waals surface area contributed by atoms with Crippen molar-refractivity contribution in [3.63, 3.8) is 0 Å². The van der Waals surface area contributed by atoms with Gasteiger partial charge in [-0.2, -0.15) is 4.98 Å². The van der Waals surface area contributed by atoms with Crippen molar-refractivity contribution in [1.82, 2.24) is 19.4 Å². The van der Waals surface area contributed by atoms with Crippen LogP contribution in [0.25, 0.3) is 0 Å². The molecule has 1 aromatic heterocycles. The van der Waals surface area contributed by atoms with E-state index in [0.29, 0.717) is 11.6 Å². The van der Waals surface area contributed by atoms with E-state index >= 15 is 0 Å². The first-order valence-electron chi connectivity index (χ1n) is 7.93. The highest BCUT2D eigenvalue weighted by Crippen LogP contribution is 2.38. The Morgan fingerprint density at radius 3 is 2.86 bits per heavy atom. The highest BCUT2D eigenvalue weighted by atomic mass is 16.6. The third-order valence-corrected chi connectivity index (χ3v) is 4.87. The third kappa shape index (κ3) is 2.43. The molecule has 0 spiro atoms. The van der Waals surface area contributed by atoms with Crippen molar-refractivity contribution in [3.05, 3.63) is 22.1 Å². The number of likely N-dealkylation sites (N-methyl/N-ethyl adjacent to an activating group) is 1. The molecule has 120 valence electrons. The average molecular weight is 306 g/mol. The van der Waals surface area contributed by atoms with E-state index in [-0.39, 0.29) is 24.0 Å². The minimum Gasteiger partial charge on any atom is -0.458 e. The van der Waals surface area contributed by atoms with Gasteiger partial charge in [0.15, 0.2) is 0 Å². The van der Waals surface area contributed by atoms with E-state index in [9.17, 15) is 4.79 Å². The van der Waals surface area contributed by atoms with E-state index < -0.39 is 0 Å². The van der Waals surface area contributed by atoms with Crippen LogP contribution in [0.3, 0.4) is 0 Å².